The van der Waals surface area contributed by atoms with Gasteiger partial charge in [0, 0.05) is 11.6 Å². The second kappa shape index (κ2) is 7.14. The summed E-state index contributed by atoms with van der Waals surface area (Å²) in [5.41, 5.74) is 2.01. The monoisotopic (exact) mass is 284 g/mol. The van der Waals surface area contributed by atoms with Crippen LogP contribution in [-0.2, 0) is 4.79 Å². The fourth-order valence-electron chi connectivity index (χ4n) is 1.90. The summed E-state index contributed by atoms with van der Waals surface area (Å²) in [7, 11) is 1.62. The van der Waals surface area contributed by atoms with Crippen LogP contribution in [0.5, 0.6) is 11.5 Å². The van der Waals surface area contributed by atoms with Crippen molar-refractivity contribution < 1.29 is 19.4 Å². The zero-order chi connectivity index (χ0) is 15.1. The van der Waals surface area contributed by atoms with Gasteiger partial charge in [-0.25, -0.2) is 4.79 Å². The summed E-state index contributed by atoms with van der Waals surface area (Å²) >= 11 is 0. The maximum atomic E-state index is 10.3. The Labute approximate surface area is 123 Å². The standard InChI is InChI=1S/C17H16O4/c1-20-15-9-6-8-14-11-13(12-21-17(14)15)7-4-2-3-5-10-16(18)19/h2-11H,12H2,1H3,(H,18,19). The van der Waals surface area contributed by atoms with E-state index in [9.17, 15) is 4.79 Å². The highest BCUT2D eigenvalue weighted by atomic mass is 16.5. The van der Waals surface area contributed by atoms with E-state index in [4.69, 9.17) is 14.6 Å². The molecule has 4 nitrogen and oxygen atoms in total. The van der Waals surface area contributed by atoms with Crippen LogP contribution >= 0.6 is 0 Å². The van der Waals surface area contributed by atoms with Crippen LogP contribution in [0.1, 0.15) is 5.56 Å². The molecule has 1 N–H and O–H groups in total. The van der Waals surface area contributed by atoms with Gasteiger partial charge in [-0.3, -0.25) is 0 Å². The van der Waals surface area contributed by atoms with E-state index < -0.39 is 5.97 Å². The third-order valence-electron chi connectivity index (χ3n) is 2.84. The molecule has 4 heteroatoms. The molecule has 0 fully saturated rings. The number of ether oxygens (including phenoxy) is 2. The molecule has 0 aromatic heterocycles. The molecule has 0 bridgehead atoms. The molecule has 0 amide bonds. The fraction of sp³-hybridized carbons (Fsp3) is 0.118. The van der Waals surface area contributed by atoms with Crippen molar-refractivity contribution in [1.29, 1.82) is 0 Å². The number of carbonyl (C=O) groups is 1. The molecule has 1 heterocycles. The van der Waals surface area contributed by atoms with Gasteiger partial charge in [-0.1, -0.05) is 42.5 Å². The average Bonchev–Trinajstić information content (AvgIpc) is 2.49. The molecule has 0 saturated carbocycles. The normalized spacial score (nSPS) is 14.2. The lowest BCUT2D eigenvalue weighted by atomic mass is 10.1. The Morgan fingerprint density at radius 3 is 2.86 bits per heavy atom. The van der Waals surface area contributed by atoms with Gasteiger partial charge in [-0.15, -0.1) is 0 Å². The highest BCUT2D eigenvalue weighted by Crippen LogP contribution is 2.35. The van der Waals surface area contributed by atoms with Crippen LogP contribution in [0.15, 0.2) is 60.2 Å². The molecule has 0 saturated heterocycles. The van der Waals surface area contributed by atoms with E-state index in [0.717, 1.165) is 28.7 Å². The van der Waals surface area contributed by atoms with Gasteiger partial charge in [-0.2, -0.15) is 0 Å². The Kier molecular flexibility index (Phi) is 4.99. The first kappa shape index (κ1) is 14.7. The zero-order valence-electron chi connectivity index (χ0n) is 11.7. The number of hydrogen-bond acceptors (Lipinski definition) is 3. The van der Waals surface area contributed by atoms with Crippen molar-refractivity contribution in [2.45, 2.75) is 0 Å². The number of benzene rings is 1. The molecule has 1 aliphatic rings. The minimum absolute atomic E-state index is 0.475. The number of aliphatic carboxylic acids is 1. The van der Waals surface area contributed by atoms with Crippen molar-refractivity contribution in [3.05, 3.63) is 65.8 Å². The lowest BCUT2D eigenvalue weighted by Crippen LogP contribution is -2.07. The van der Waals surface area contributed by atoms with E-state index in [1.165, 1.54) is 6.08 Å². The van der Waals surface area contributed by atoms with Crippen molar-refractivity contribution in [3.63, 3.8) is 0 Å². The first-order valence-corrected chi connectivity index (χ1v) is 6.45. The predicted molar refractivity (Wildman–Crippen MR) is 81.5 cm³/mol. The van der Waals surface area contributed by atoms with E-state index in [1.54, 1.807) is 19.3 Å². The summed E-state index contributed by atoms with van der Waals surface area (Å²) in [6, 6.07) is 5.75. The van der Waals surface area contributed by atoms with E-state index >= 15 is 0 Å². The Morgan fingerprint density at radius 1 is 1.29 bits per heavy atom. The highest BCUT2D eigenvalue weighted by Gasteiger charge is 2.13. The van der Waals surface area contributed by atoms with Gasteiger partial charge in [-0.05, 0) is 17.7 Å². The van der Waals surface area contributed by atoms with Crippen molar-refractivity contribution in [2.24, 2.45) is 0 Å². The van der Waals surface area contributed by atoms with E-state index in [0.29, 0.717) is 6.61 Å². The first-order chi connectivity index (χ1) is 10.2. The van der Waals surface area contributed by atoms with Crippen molar-refractivity contribution in [1.82, 2.24) is 0 Å². The van der Waals surface area contributed by atoms with Crippen molar-refractivity contribution in [2.75, 3.05) is 13.7 Å². The number of allylic oxidation sites excluding steroid dienone is 4. The maximum absolute atomic E-state index is 10.3. The number of para-hydroxylation sites is 1. The van der Waals surface area contributed by atoms with Crippen molar-refractivity contribution in [3.8, 4) is 11.5 Å². The summed E-state index contributed by atoms with van der Waals surface area (Å²) < 4.78 is 11.0. The van der Waals surface area contributed by atoms with Crippen LogP contribution in [0.2, 0.25) is 0 Å². The maximum Gasteiger partial charge on any atom is 0.328 e. The molecule has 0 unspecified atom stereocenters. The molecular formula is C17H16O4. The highest BCUT2D eigenvalue weighted by molar-refractivity contribution is 5.80. The predicted octanol–water partition coefficient (Wildman–Crippen LogP) is 3.22. The van der Waals surface area contributed by atoms with Gasteiger partial charge in [0.2, 0.25) is 0 Å². The van der Waals surface area contributed by atoms with Crippen molar-refractivity contribution >= 4 is 12.0 Å². The average molecular weight is 284 g/mol. The summed E-state index contributed by atoms with van der Waals surface area (Å²) in [4.78, 5) is 10.3. The molecule has 1 aromatic rings. The third-order valence-corrected chi connectivity index (χ3v) is 2.84. The Hall–Kier alpha value is -2.75. The lowest BCUT2D eigenvalue weighted by molar-refractivity contribution is -0.131. The van der Waals surface area contributed by atoms with Crippen LogP contribution in [0.3, 0.4) is 0 Å². The van der Waals surface area contributed by atoms with Crippen LogP contribution in [-0.4, -0.2) is 24.8 Å². The van der Waals surface area contributed by atoms with Crippen LogP contribution in [0, 0.1) is 0 Å². The van der Waals surface area contributed by atoms with Gasteiger partial charge < -0.3 is 14.6 Å². The molecule has 1 aromatic carbocycles. The van der Waals surface area contributed by atoms with E-state index in [2.05, 4.69) is 0 Å². The van der Waals surface area contributed by atoms with Gasteiger partial charge in [0.15, 0.2) is 11.5 Å². The molecule has 1 aliphatic heterocycles. The van der Waals surface area contributed by atoms with Gasteiger partial charge in [0.25, 0.3) is 0 Å². The topological polar surface area (TPSA) is 55.8 Å². The molecule has 0 radical (unpaired) electrons. The number of rotatable bonds is 5. The molecule has 0 aliphatic carbocycles. The second-order valence-corrected chi connectivity index (χ2v) is 4.33. The first-order valence-electron chi connectivity index (χ1n) is 6.45. The van der Waals surface area contributed by atoms with Gasteiger partial charge in [0.05, 0.1) is 7.11 Å². The number of hydrogen-bond donors (Lipinski definition) is 1. The smallest absolute Gasteiger partial charge is 0.328 e. The molecule has 108 valence electrons. The SMILES string of the molecule is COc1cccc2c1OCC(C=CC=CC=CC(=O)O)=C2. The molecule has 2 rings (SSSR count). The molecule has 0 spiro atoms. The summed E-state index contributed by atoms with van der Waals surface area (Å²) in [5, 5.41) is 8.44. The molecular weight excluding hydrogens is 268 g/mol. The summed E-state index contributed by atoms with van der Waals surface area (Å²) in [5.74, 6) is 0.528. The van der Waals surface area contributed by atoms with Crippen LogP contribution in [0.4, 0.5) is 0 Å². The quantitative estimate of drug-likeness (QED) is 0.666. The van der Waals surface area contributed by atoms with Crippen LogP contribution < -0.4 is 9.47 Å². The summed E-state index contributed by atoms with van der Waals surface area (Å²) in [6.45, 7) is 0.475. The Morgan fingerprint density at radius 2 is 2.10 bits per heavy atom. The number of fused-ring (bicyclic) bond motifs is 1. The van der Waals surface area contributed by atoms with E-state index in [1.807, 2.05) is 36.4 Å². The minimum atomic E-state index is -0.961. The Balaban J connectivity index is 2.05. The minimum Gasteiger partial charge on any atom is -0.493 e. The molecule has 0 atom stereocenters. The third kappa shape index (κ3) is 4.11. The number of carboxylic acid groups (broad SMARTS) is 1. The van der Waals surface area contributed by atoms with Gasteiger partial charge in [0.1, 0.15) is 6.61 Å². The van der Waals surface area contributed by atoms with E-state index in [-0.39, 0.29) is 0 Å². The largest absolute Gasteiger partial charge is 0.493 e. The van der Waals surface area contributed by atoms with Crippen LogP contribution in [0.25, 0.3) is 6.08 Å². The molecule has 21 heavy (non-hydrogen) atoms. The zero-order valence-corrected chi connectivity index (χ0v) is 11.7. The van der Waals surface area contributed by atoms with Gasteiger partial charge >= 0.3 is 5.97 Å². The number of methoxy groups -OCH3 is 1. The lowest BCUT2D eigenvalue weighted by Gasteiger charge is -2.18. The second-order valence-electron chi connectivity index (χ2n) is 4.33. The number of carboxylic acids is 1. The summed E-state index contributed by atoms with van der Waals surface area (Å²) in [6.07, 6.45) is 11.8. The fourth-order valence-corrected chi connectivity index (χ4v) is 1.90. The Bertz CT molecular complexity index is 636.